The van der Waals surface area contributed by atoms with Gasteiger partial charge in [0.15, 0.2) is 0 Å². The average Bonchev–Trinajstić information content (AvgIpc) is 2.94. The van der Waals surface area contributed by atoms with E-state index in [-0.39, 0.29) is 29.7 Å². The number of carbonyl (C=O) groups excluding carboxylic acids is 3. The summed E-state index contributed by atoms with van der Waals surface area (Å²) < 4.78 is 6.17. The Morgan fingerprint density at radius 2 is 1.64 bits per heavy atom. The van der Waals surface area contributed by atoms with Crippen molar-refractivity contribution in [2.45, 2.75) is 83.8 Å². The number of rotatable bonds is 12. The number of nitrogens with one attached hydrogen (secondary N) is 3. The molecule has 0 aliphatic heterocycles. The second kappa shape index (κ2) is 14.2. The Morgan fingerprint density at radius 1 is 0.974 bits per heavy atom. The van der Waals surface area contributed by atoms with Crippen molar-refractivity contribution in [1.82, 2.24) is 20.9 Å². The van der Waals surface area contributed by atoms with Crippen LogP contribution in [0.5, 0.6) is 0 Å². The topological polar surface area (TPSA) is 99.8 Å². The third kappa shape index (κ3) is 7.90. The monoisotopic (exact) mass is 536 g/mol. The zero-order valence-electron chi connectivity index (χ0n) is 24.1. The summed E-state index contributed by atoms with van der Waals surface area (Å²) in [7, 11) is 3.31. The predicted octanol–water partition coefficient (Wildman–Crippen LogP) is 3.36. The van der Waals surface area contributed by atoms with E-state index in [2.05, 4.69) is 28.1 Å². The molecule has 0 bridgehead atoms. The van der Waals surface area contributed by atoms with E-state index in [0.29, 0.717) is 6.61 Å². The van der Waals surface area contributed by atoms with E-state index in [1.807, 2.05) is 63.2 Å². The molecule has 3 amide bonds. The molecular weight excluding hydrogens is 492 g/mol. The van der Waals surface area contributed by atoms with E-state index in [0.717, 1.165) is 30.4 Å². The van der Waals surface area contributed by atoms with E-state index < -0.39 is 24.2 Å². The molecule has 0 saturated heterocycles. The molecule has 0 spiro atoms. The lowest BCUT2D eigenvalue weighted by atomic mass is 9.87. The molecule has 8 heteroatoms. The van der Waals surface area contributed by atoms with Crippen LogP contribution in [0.25, 0.3) is 0 Å². The maximum atomic E-state index is 13.9. The summed E-state index contributed by atoms with van der Waals surface area (Å²) in [6.45, 7) is 7.62. The zero-order chi connectivity index (χ0) is 28.5. The molecule has 1 aliphatic rings. The highest BCUT2D eigenvalue weighted by Crippen LogP contribution is 2.30. The summed E-state index contributed by atoms with van der Waals surface area (Å²) in [4.78, 5) is 41.8. The summed E-state index contributed by atoms with van der Waals surface area (Å²) in [6.07, 6.45) is 2.20. The number of hydrogen-bond donors (Lipinski definition) is 3. The third-order valence-electron chi connectivity index (χ3n) is 7.58. The number of likely N-dealkylation sites (N-methyl/N-ethyl adjacent to an activating group) is 2. The minimum atomic E-state index is -0.893. The first-order valence-electron chi connectivity index (χ1n) is 13.9. The average molecular weight is 537 g/mol. The van der Waals surface area contributed by atoms with Gasteiger partial charge in [0.05, 0.1) is 24.8 Å². The highest BCUT2D eigenvalue weighted by molar-refractivity contribution is 5.93. The molecule has 5 atom stereocenters. The molecule has 3 rings (SSSR count). The van der Waals surface area contributed by atoms with E-state index >= 15 is 0 Å². The molecule has 0 aromatic heterocycles. The SMILES string of the molecule is CN[C@@H](C)C(=O)N[C@H](C(=O)N(C)C(C(=O)NC1CCCc2ccccc21)C(C)OCc1ccccc1)C(C)C. The normalized spacial score (nSPS) is 17.9. The van der Waals surface area contributed by atoms with Gasteiger partial charge in [-0.05, 0) is 62.8 Å². The Kier molecular flexibility index (Phi) is 11.1. The summed E-state index contributed by atoms with van der Waals surface area (Å²) in [5.74, 6) is -1.06. The Balaban J connectivity index is 1.84. The minimum absolute atomic E-state index is 0.133. The predicted molar refractivity (Wildman–Crippen MR) is 153 cm³/mol. The van der Waals surface area contributed by atoms with Crippen LogP contribution in [0.3, 0.4) is 0 Å². The first-order valence-corrected chi connectivity index (χ1v) is 13.9. The number of hydrogen-bond acceptors (Lipinski definition) is 5. The number of ether oxygens (including phenoxy) is 1. The fourth-order valence-electron chi connectivity index (χ4n) is 5.04. The summed E-state index contributed by atoms with van der Waals surface area (Å²) in [5, 5.41) is 8.98. The van der Waals surface area contributed by atoms with Crippen molar-refractivity contribution in [2.75, 3.05) is 14.1 Å². The lowest BCUT2D eigenvalue weighted by molar-refractivity contribution is -0.148. The lowest BCUT2D eigenvalue weighted by Crippen LogP contribution is -2.60. The molecular formula is C31H44N4O4. The van der Waals surface area contributed by atoms with Gasteiger partial charge in [-0.2, -0.15) is 0 Å². The molecule has 0 heterocycles. The highest BCUT2D eigenvalue weighted by Gasteiger charge is 2.38. The Hall–Kier alpha value is -3.23. The van der Waals surface area contributed by atoms with Crippen LogP contribution >= 0.6 is 0 Å². The number of nitrogens with zero attached hydrogens (tertiary/aromatic N) is 1. The number of benzene rings is 2. The van der Waals surface area contributed by atoms with Gasteiger partial charge in [0, 0.05) is 7.05 Å². The smallest absolute Gasteiger partial charge is 0.245 e. The molecule has 0 saturated carbocycles. The van der Waals surface area contributed by atoms with Crippen LogP contribution in [0, 0.1) is 5.92 Å². The summed E-state index contributed by atoms with van der Waals surface area (Å²) >= 11 is 0. The number of fused-ring (bicyclic) bond motifs is 1. The number of aryl methyl sites for hydroxylation is 1. The van der Waals surface area contributed by atoms with Crippen LogP contribution in [-0.4, -0.2) is 60.9 Å². The standard InChI is InChI=1S/C31H44N4O4/c1-20(2)27(34-29(36)21(3)32-5)31(38)35(6)28(22(4)39-19-23-13-8-7-9-14-23)30(37)33-26-18-12-16-24-15-10-11-17-25(24)26/h7-11,13-15,17,20-22,26-28,32H,12,16,18-19H2,1-6H3,(H,33,37)(H,34,36)/t21-,22?,26?,27-,28?/m0/s1. The molecule has 0 fully saturated rings. The second-order valence-electron chi connectivity index (χ2n) is 10.8. The lowest BCUT2D eigenvalue weighted by Gasteiger charge is -2.37. The highest BCUT2D eigenvalue weighted by atomic mass is 16.5. The van der Waals surface area contributed by atoms with Crippen molar-refractivity contribution in [3.05, 3.63) is 71.3 Å². The molecule has 1 aliphatic carbocycles. The van der Waals surface area contributed by atoms with Crippen LogP contribution < -0.4 is 16.0 Å². The quantitative estimate of drug-likeness (QED) is 0.386. The van der Waals surface area contributed by atoms with Gasteiger partial charge in [-0.15, -0.1) is 0 Å². The first-order chi connectivity index (χ1) is 18.6. The van der Waals surface area contributed by atoms with Gasteiger partial charge in [-0.3, -0.25) is 14.4 Å². The van der Waals surface area contributed by atoms with Crippen molar-refractivity contribution >= 4 is 17.7 Å². The number of amides is 3. The third-order valence-corrected chi connectivity index (χ3v) is 7.58. The maximum Gasteiger partial charge on any atom is 0.245 e. The molecule has 3 N–H and O–H groups in total. The minimum Gasteiger partial charge on any atom is -0.371 e. The number of carbonyl (C=O) groups is 3. The van der Waals surface area contributed by atoms with E-state index in [1.165, 1.54) is 10.5 Å². The van der Waals surface area contributed by atoms with Crippen molar-refractivity contribution in [3.63, 3.8) is 0 Å². The van der Waals surface area contributed by atoms with Gasteiger partial charge in [0.1, 0.15) is 12.1 Å². The van der Waals surface area contributed by atoms with Crippen molar-refractivity contribution in [2.24, 2.45) is 5.92 Å². The van der Waals surface area contributed by atoms with Crippen molar-refractivity contribution < 1.29 is 19.1 Å². The Bertz CT molecular complexity index is 1110. The summed E-state index contributed by atoms with van der Waals surface area (Å²) in [5.41, 5.74) is 3.34. The van der Waals surface area contributed by atoms with E-state index in [1.54, 1.807) is 21.0 Å². The molecule has 39 heavy (non-hydrogen) atoms. The van der Waals surface area contributed by atoms with Crippen LogP contribution in [-0.2, 0) is 32.1 Å². The fraction of sp³-hybridized carbons (Fsp3) is 0.516. The van der Waals surface area contributed by atoms with Crippen molar-refractivity contribution in [3.8, 4) is 0 Å². The van der Waals surface area contributed by atoms with Crippen LogP contribution in [0.15, 0.2) is 54.6 Å². The largest absolute Gasteiger partial charge is 0.371 e. The Labute approximate surface area is 232 Å². The van der Waals surface area contributed by atoms with Crippen molar-refractivity contribution in [1.29, 1.82) is 0 Å². The van der Waals surface area contributed by atoms with Gasteiger partial charge in [-0.1, -0.05) is 68.4 Å². The van der Waals surface area contributed by atoms with Crippen LogP contribution in [0.4, 0.5) is 0 Å². The van der Waals surface area contributed by atoms with Crippen LogP contribution in [0.1, 0.15) is 63.3 Å². The van der Waals surface area contributed by atoms with E-state index in [9.17, 15) is 14.4 Å². The molecule has 8 nitrogen and oxygen atoms in total. The molecule has 0 radical (unpaired) electrons. The fourth-order valence-corrected chi connectivity index (χ4v) is 5.04. The van der Waals surface area contributed by atoms with Gasteiger partial charge in [-0.25, -0.2) is 0 Å². The molecule has 212 valence electrons. The van der Waals surface area contributed by atoms with Crippen LogP contribution in [0.2, 0.25) is 0 Å². The van der Waals surface area contributed by atoms with Gasteiger partial charge >= 0.3 is 0 Å². The Morgan fingerprint density at radius 3 is 2.31 bits per heavy atom. The van der Waals surface area contributed by atoms with E-state index in [4.69, 9.17) is 4.74 Å². The summed E-state index contributed by atoms with van der Waals surface area (Å²) in [6, 6.07) is 15.6. The second-order valence-corrected chi connectivity index (χ2v) is 10.8. The molecule has 2 aromatic rings. The molecule has 3 unspecified atom stereocenters. The van der Waals surface area contributed by atoms with Gasteiger partial charge in [0.2, 0.25) is 17.7 Å². The maximum absolute atomic E-state index is 13.9. The first kappa shape index (κ1) is 30.3. The molecule has 2 aromatic carbocycles. The van der Waals surface area contributed by atoms with Gasteiger partial charge < -0.3 is 25.6 Å². The van der Waals surface area contributed by atoms with Gasteiger partial charge in [0.25, 0.3) is 0 Å². The zero-order valence-corrected chi connectivity index (χ0v) is 24.1.